The van der Waals surface area contributed by atoms with E-state index in [0.717, 1.165) is 10.0 Å². The van der Waals surface area contributed by atoms with Gasteiger partial charge < -0.3 is 10.8 Å². The average molecular weight is 244 g/mol. The van der Waals surface area contributed by atoms with Gasteiger partial charge in [0.25, 0.3) is 0 Å². The molecule has 0 aliphatic carbocycles. The van der Waals surface area contributed by atoms with Gasteiger partial charge in [-0.1, -0.05) is 34.1 Å². The van der Waals surface area contributed by atoms with Crippen LogP contribution in [0.4, 0.5) is 0 Å². The van der Waals surface area contributed by atoms with E-state index in [0.29, 0.717) is 6.42 Å². The van der Waals surface area contributed by atoms with E-state index in [4.69, 9.17) is 5.73 Å². The summed E-state index contributed by atoms with van der Waals surface area (Å²) < 4.78 is 0.933. The molecule has 0 aliphatic rings. The van der Waals surface area contributed by atoms with E-state index < -0.39 is 6.10 Å². The minimum Gasteiger partial charge on any atom is -0.388 e. The van der Waals surface area contributed by atoms with Gasteiger partial charge in [-0.3, -0.25) is 0 Å². The minimum atomic E-state index is -0.476. The lowest BCUT2D eigenvalue weighted by Crippen LogP contribution is -2.18. The highest BCUT2D eigenvalue weighted by molar-refractivity contribution is 9.10. The fraction of sp³-hybridized carbons (Fsp3) is 0.400. The van der Waals surface area contributed by atoms with Gasteiger partial charge in [0.2, 0.25) is 0 Å². The zero-order chi connectivity index (χ0) is 9.84. The summed E-state index contributed by atoms with van der Waals surface area (Å²) in [6, 6.07) is 7.66. The third kappa shape index (κ3) is 3.10. The monoisotopic (exact) mass is 243 g/mol. The first-order chi connectivity index (χ1) is 6.11. The van der Waals surface area contributed by atoms with Gasteiger partial charge in [0.15, 0.2) is 0 Å². The van der Waals surface area contributed by atoms with Crippen molar-refractivity contribution in [2.45, 2.75) is 25.5 Å². The minimum absolute atomic E-state index is 0.0158. The van der Waals surface area contributed by atoms with Crippen LogP contribution in [0, 0.1) is 0 Å². The molecule has 0 fully saturated rings. The van der Waals surface area contributed by atoms with E-state index in [1.54, 1.807) is 0 Å². The third-order valence-corrected chi connectivity index (χ3v) is 2.58. The molecule has 1 rings (SSSR count). The molecule has 3 heteroatoms. The Balaban J connectivity index is 2.76. The lowest BCUT2D eigenvalue weighted by Gasteiger charge is -2.14. The summed E-state index contributed by atoms with van der Waals surface area (Å²) in [5.74, 6) is 0. The molecular weight excluding hydrogens is 230 g/mol. The topological polar surface area (TPSA) is 46.2 Å². The first kappa shape index (κ1) is 10.7. The van der Waals surface area contributed by atoms with Crippen molar-refractivity contribution in [1.29, 1.82) is 0 Å². The highest BCUT2D eigenvalue weighted by Crippen LogP contribution is 2.25. The molecule has 2 nitrogen and oxygen atoms in total. The Kier molecular flexibility index (Phi) is 3.90. The molecule has 13 heavy (non-hydrogen) atoms. The number of aliphatic hydroxyl groups excluding tert-OH is 1. The zero-order valence-electron chi connectivity index (χ0n) is 7.57. The maximum absolute atomic E-state index is 9.76. The Morgan fingerprint density at radius 2 is 2.08 bits per heavy atom. The van der Waals surface area contributed by atoms with Gasteiger partial charge in [0.05, 0.1) is 6.10 Å². The van der Waals surface area contributed by atoms with Crippen LogP contribution in [0.25, 0.3) is 0 Å². The molecule has 1 aromatic carbocycles. The number of halogens is 1. The molecule has 0 aromatic heterocycles. The highest BCUT2D eigenvalue weighted by Gasteiger charge is 2.11. The predicted octanol–water partition coefficient (Wildman–Crippen LogP) is 2.22. The van der Waals surface area contributed by atoms with E-state index in [1.807, 2.05) is 31.2 Å². The van der Waals surface area contributed by atoms with E-state index in [2.05, 4.69) is 15.9 Å². The Morgan fingerprint density at radius 1 is 1.46 bits per heavy atom. The SMILES string of the molecule is CC(N)CC(O)c1ccccc1Br. The van der Waals surface area contributed by atoms with Gasteiger partial charge in [-0.15, -0.1) is 0 Å². The second-order valence-electron chi connectivity index (χ2n) is 3.25. The molecule has 0 heterocycles. The standard InChI is InChI=1S/C10H14BrNO/c1-7(12)6-10(13)8-4-2-3-5-9(8)11/h2-5,7,10,13H,6,12H2,1H3. The maximum Gasteiger partial charge on any atom is 0.0815 e. The van der Waals surface area contributed by atoms with Crippen molar-refractivity contribution in [3.05, 3.63) is 34.3 Å². The lowest BCUT2D eigenvalue weighted by atomic mass is 10.0. The van der Waals surface area contributed by atoms with Crippen molar-refractivity contribution in [2.75, 3.05) is 0 Å². The first-order valence-corrected chi connectivity index (χ1v) is 5.08. The predicted molar refractivity (Wildman–Crippen MR) is 57.4 cm³/mol. The molecule has 0 amide bonds. The number of benzene rings is 1. The summed E-state index contributed by atoms with van der Waals surface area (Å²) in [4.78, 5) is 0. The molecule has 3 N–H and O–H groups in total. The average Bonchev–Trinajstić information content (AvgIpc) is 2.03. The largest absolute Gasteiger partial charge is 0.388 e. The van der Waals surface area contributed by atoms with Crippen molar-refractivity contribution < 1.29 is 5.11 Å². The molecule has 2 unspecified atom stereocenters. The quantitative estimate of drug-likeness (QED) is 0.856. The smallest absolute Gasteiger partial charge is 0.0815 e. The summed E-state index contributed by atoms with van der Waals surface area (Å²) >= 11 is 3.39. The van der Waals surface area contributed by atoms with Crippen LogP contribution < -0.4 is 5.73 Å². The van der Waals surface area contributed by atoms with Crippen LogP contribution in [0.2, 0.25) is 0 Å². The normalized spacial score (nSPS) is 15.4. The van der Waals surface area contributed by atoms with Crippen LogP contribution in [0.3, 0.4) is 0 Å². The van der Waals surface area contributed by atoms with Crippen LogP contribution in [0.5, 0.6) is 0 Å². The van der Waals surface area contributed by atoms with Crippen molar-refractivity contribution in [3.8, 4) is 0 Å². The maximum atomic E-state index is 9.76. The number of hydrogen-bond donors (Lipinski definition) is 2. The number of aliphatic hydroxyl groups is 1. The Hall–Kier alpha value is -0.380. The fourth-order valence-electron chi connectivity index (χ4n) is 1.22. The van der Waals surface area contributed by atoms with E-state index in [1.165, 1.54) is 0 Å². The number of rotatable bonds is 3. The Morgan fingerprint density at radius 3 is 2.62 bits per heavy atom. The summed E-state index contributed by atoms with van der Waals surface area (Å²) in [5, 5.41) is 9.76. The second kappa shape index (κ2) is 4.74. The summed E-state index contributed by atoms with van der Waals surface area (Å²) in [6.07, 6.45) is 0.110. The van der Waals surface area contributed by atoms with Crippen molar-refractivity contribution in [1.82, 2.24) is 0 Å². The van der Waals surface area contributed by atoms with Crippen LogP contribution >= 0.6 is 15.9 Å². The lowest BCUT2D eigenvalue weighted by molar-refractivity contribution is 0.159. The molecule has 0 saturated carbocycles. The molecule has 1 aromatic rings. The van der Waals surface area contributed by atoms with Crippen LogP contribution in [0.15, 0.2) is 28.7 Å². The van der Waals surface area contributed by atoms with Gasteiger partial charge in [-0.25, -0.2) is 0 Å². The van der Waals surface area contributed by atoms with E-state index in [-0.39, 0.29) is 6.04 Å². The van der Waals surface area contributed by atoms with Crippen LogP contribution in [-0.2, 0) is 0 Å². The molecule has 72 valence electrons. The van der Waals surface area contributed by atoms with Crippen molar-refractivity contribution in [2.24, 2.45) is 5.73 Å². The van der Waals surface area contributed by atoms with Gasteiger partial charge in [-0.2, -0.15) is 0 Å². The zero-order valence-corrected chi connectivity index (χ0v) is 9.16. The summed E-state index contributed by atoms with van der Waals surface area (Å²) in [5.41, 5.74) is 6.51. The van der Waals surface area contributed by atoms with E-state index in [9.17, 15) is 5.11 Å². The molecule has 0 aliphatic heterocycles. The molecular formula is C10H14BrNO. The van der Waals surface area contributed by atoms with E-state index >= 15 is 0 Å². The molecule has 2 atom stereocenters. The third-order valence-electron chi connectivity index (χ3n) is 1.86. The fourth-order valence-corrected chi connectivity index (χ4v) is 1.77. The molecule has 0 saturated heterocycles. The second-order valence-corrected chi connectivity index (χ2v) is 4.10. The Bertz CT molecular complexity index is 275. The van der Waals surface area contributed by atoms with Crippen molar-refractivity contribution in [3.63, 3.8) is 0 Å². The van der Waals surface area contributed by atoms with Gasteiger partial charge in [-0.05, 0) is 25.0 Å². The van der Waals surface area contributed by atoms with Crippen LogP contribution in [-0.4, -0.2) is 11.1 Å². The van der Waals surface area contributed by atoms with Crippen LogP contribution in [0.1, 0.15) is 25.0 Å². The highest BCUT2D eigenvalue weighted by atomic mass is 79.9. The first-order valence-electron chi connectivity index (χ1n) is 4.29. The summed E-state index contributed by atoms with van der Waals surface area (Å²) in [6.45, 7) is 1.89. The molecule has 0 radical (unpaired) electrons. The number of nitrogens with two attached hydrogens (primary N) is 1. The molecule has 0 bridgehead atoms. The number of hydrogen-bond acceptors (Lipinski definition) is 2. The van der Waals surface area contributed by atoms with Gasteiger partial charge >= 0.3 is 0 Å². The summed E-state index contributed by atoms with van der Waals surface area (Å²) in [7, 11) is 0. The van der Waals surface area contributed by atoms with Gasteiger partial charge in [0.1, 0.15) is 0 Å². The Labute approximate surface area is 86.9 Å². The van der Waals surface area contributed by atoms with Gasteiger partial charge in [0, 0.05) is 10.5 Å². The molecule has 0 spiro atoms. The van der Waals surface area contributed by atoms with Crippen molar-refractivity contribution >= 4 is 15.9 Å².